The molecular formula is C12H19NO. The molecule has 1 N–H and O–H groups in total. The van der Waals surface area contributed by atoms with Gasteiger partial charge in [-0.25, -0.2) is 0 Å². The zero-order valence-corrected chi connectivity index (χ0v) is 8.88. The molecule has 0 aromatic rings. The van der Waals surface area contributed by atoms with Gasteiger partial charge in [0.2, 0.25) is 0 Å². The second-order valence-corrected chi connectivity index (χ2v) is 3.97. The molecular weight excluding hydrogens is 174 g/mol. The molecule has 1 unspecified atom stereocenters. The molecule has 14 heavy (non-hydrogen) atoms. The van der Waals surface area contributed by atoms with Crippen LogP contribution in [0.5, 0.6) is 0 Å². The molecule has 0 saturated carbocycles. The molecule has 2 heteroatoms. The summed E-state index contributed by atoms with van der Waals surface area (Å²) in [4.78, 5) is 0. The van der Waals surface area contributed by atoms with Crippen LogP contribution >= 0.6 is 0 Å². The molecule has 0 bridgehead atoms. The summed E-state index contributed by atoms with van der Waals surface area (Å²) >= 11 is 0. The van der Waals surface area contributed by atoms with E-state index in [1.54, 1.807) is 0 Å². The standard InChI is InChI=1S/C12H19NO/c1-2-3-5-10-6-4-7-11(10)12-13-8-9-14-12/h4,6,12-13H,2-3,5,7-9H2,1H3. The Morgan fingerprint density at radius 1 is 1.57 bits per heavy atom. The Morgan fingerprint density at radius 3 is 3.21 bits per heavy atom. The third-order valence-corrected chi connectivity index (χ3v) is 2.90. The van der Waals surface area contributed by atoms with Gasteiger partial charge < -0.3 is 4.74 Å². The van der Waals surface area contributed by atoms with Crippen LogP contribution in [0.25, 0.3) is 0 Å². The van der Waals surface area contributed by atoms with Crippen molar-refractivity contribution in [2.24, 2.45) is 0 Å². The minimum absolute atomic E-state index is 0.205. The molecule has 0 aromatic carbocycles. The Balaban J connectivity index is 1.99. The fraction of sp³-hybridized carbons (Fsp3) is 0.667. The fourth-order valence-corrected chi connectivity index (χ4v) is 2.10. The lowest BCUT2D eigenvalue weighted by atomic mass is 10.0. The Labute approximate surface area is 86.0 Å². The van der Waals surface area contributed by atoms with E-state index in [0.717, 1.165) is 19.6 Å². The van der Waals surface area contributed by atoms with Crippen molar-refractivity contribution in [2.75, 3.05) is 13.2 Å². The molecule has 1 fully saturated rings. The van der Waals surface area contributed by atoms with E-state index in [0.29, 0.717) is 0 Å². The van der Waals surface area contributed by atoms with Crippen LogP contribution in [0, 0.1) is 0 Å². The smallest absolute Gasteiger partial charge is 0.131 e. The van der Waals surface area contributed by atoms with Gasteiger partial charge in [0, 0.05) is 6.54 Å². The largest absolute Gasteiger partial charge is 0.358 e. The van der Waals surface area contributed by atoms with E-state index in [-0.39, 0.29) is 6.23 Å². The number of hydrogen-bond donors (Lipinski definition) is 1. The van der Waals surface area contributed by atoms with Crippen LogP contribution in [0.2, 0.25) is 0 Å². The number of hydrogen-bond acceptors (Lipinski definition) is 2. The third kappa shape index (κ3) is 2.07. The normalized spacial score (nSPS) is 26.5. The molecule has 0 spiro atoms. The fourth-order valence-electron chi connectivity index (χ4n) is 2.10. The minimum atomic E-state index is 0.205. The molecule has 0 aromatic heterocycles. The van der Waals surface area contributed by atoms with E-state index < -0.39 is 0 Å². The highest BCUT2D eigenvalue weighted by Crippen LogP contribution is 2.27. The first kappa shape index (κ1) is 9.94. The number of ether oxygens (including phenoxy) is 1. The van der Waals surface area contributed by atoms with E-state index in [2.05, 4.69) is 24.4 Å². The highest BCUT2D eigenvalue weighted by Gasteiger charge is 2.22. The van der Waals surface area contributed by atoms with Crippen molar-refractivity contribution in [2.45, 2.75) is 38.8 Å². The number of nitrogens with one attached hydrogen (secondary N) is 1. The average molecular weight is 193 g/mol. The summed E-state index contributed by atoms with van der Waals surface area (Å²) in [5.74, 6) is 0. The van der Waals surface area contributed by atoms with E-state index in [9.17, 15) is 0 Å². The van der Waals surface area contributed by atoms with Crippen LogP contribution in [0.15, 0.2) is 23.3 Å². The van der Waals surface area contributed by atoms with Crippen molar-refractivity contribution < 1.29 is 4.74 Å². The summed E-state index contributed by atoms with van der Waals surface area (Å²) in [5.41, 5.74) is 2.97. The number of rotatable bonds is 4. The van der Waals surface area contributed by atoms with Crippen molar-refractivity contribution in [3.63, 3.8) is 0 Å². The summed E-state index contributed by atoms with van der Waals surface area (Å²) in [6.45, 7) is 4.09. The first-order chi connectivity index (χ1) is 6.92. The maximum atomic E-state index is 5.64. The highest BCUT2D eigenvalue weighted by atomic mass is 16.5. The Bertz CT molecular complexity index is 249. The van der Waals surface area contributed by atoms with Crippen LogP contribution < -0.4 is 5.32 Å². The molecule has 1 atom stereocenters. The molecule has 2 rings (SSSR count). The molecule has 1 heterocycles. The Morgan fingerprint density at radius 2 is 2.50 bits per heavy atom. The SMILES string of the molecule is CCCCC1=C(C2NCCO2)CC=C1. The molecule has 1 aliphatic carbocycles. The molecule has 1 aliphatic heterocycles. The van der Waals surface area contributed by atoms with E-state index in [4.69, 9.17) is 4.74 Å². The van der Waals surface area contributed by atoms with Crippen LogP contribution in [0.3, 0.4) is 0 Å². The van der Waals surface area contributed by atoms with Crippen LogP contribution in [0.1, 0.15) is 32.6 Å². The predicted molar refractivity (Wildman–Crippen MR) is 58.1 cm³/mol. The predicted octanol–water partition coefficient (Wildman–Crippen LogP) is 2.38. The van der Waals surface area contributed by atoms with Gasteiger partial charge in [-0.15, -0.1) is 0 Å². The highest BCUT2D eigenvalue weighted by molar-refractivity contribution is 5.36. The Hall–Kier alpha value is -0.600. The third-order valence-electron chi connectivity index (χ3n) is 2.90. The van der Waals surface area contributed by atoms with Crippen LogP contribution in [0.4, 0.5) is 0 Å². The van der Waals surface area contributed by atoms with Crippen LogP contribution in [-0.4, -0.2) is 19.4 Å². The second-order valence-electron chi connectivity index (χ2n) is 3.97. The van der Waals surface area contributed by atoms with Crippen LogP contribution in [-0.2, 0) is 4.74 Å². The van der Waals surface area contributed by atoms with Crippen molar-refractivity contribution in [1.82, 2.24) is 5.32 Å². The lowest BCUT2D eigenvalue weighted by molar-refractivity contribution is 0.127. The lowest BCUT2D eigenvalue weighted by Crippen LogP contribution is -2.25. The molecule has 78 valence electrons. The van der Waals surface area contributed by atoms with Gasteiger partial charge in [0.25, 0.3) is 0 Å². The lowest BCUT2D eigenvalue weighted by Gasteiger charge is -2.14. The maximum Gasteiger partial charge on any atom is 0.131 e. The zero-order valence-electron chi connectivity index (χ0n) is 8.88. The van der Waals surface area contributed by atoms with Gasteiger partial charge in [-0.2, -0.15) is 0 Å². The van der Waals surface area contributed by atoms with Gasteiger partial charge in [0.15, 0.2) is 0 Å². The van der Waals surface area contributed by atoms with Crippen molar-refractivity contribution in [1.29, 1.82) is 0 Å². The molecule has 1 saturated heterocycles. The van der Waals surface area contributed by atoms with Gasteiger partial charge in [0.05, 0.1) is 6.61 Å². The first-order valence-corrected chi connectivity index (χ1v) is 5.65. The zero-order chi connectivity index (χ0) is 9.80. The summed E-state index contributed by atoms with van der Waals surface area (Å²) in [6.07, 6.45) is 9.58. The van der Waals surface area contributed by atoms with E-state index in [1.165, 1.54) is 30.4 Å². The van der Waals surface area contributed by atoms with Gasteiger partial charge in [-0.05, 0) is 30.4 Å². The summed E-state index contributed by atoms with van der Waals surface area (Å²) in [6, 6.07) is 0. The molecule has 0 amide bonds. The topological polar surface area (TPSA) is 21.3 Å². The average Bonchev–Trinajstić information content (AvgIpc) is 2.84. The number of unbranched alkanes of at least 4 members (excludes halogenated alkanes) is 1. The van der Waals surface area contributed by atoms with Crippen molar-refractivity contribution >= 4 is 0 Å². The second kappa shape index (κ2) is 4.76. The molecule has 2 nitrogen and oxygen atoms in total. The maximum absolute atomic E-state index is 5.64. The monoisotopic (exact) mass is 193 g/mol. The quantitative estimate of drug-likeness (QED) is 0.740. The number of allylic oxidation sites excluding steroid dienone is 3. The Kier molecular flexibility index (Phi) is 3.38. The van der Waals surface area contributed by atoms with Gasteiger partial charge >= 0.3 is 0 Å². The van der Waals surface area contributed by atoms with Gasteiger partial charge in [-0.1, -0.05) is 25.5 Å². The van der Waals surface area contributed by atoms with E-state index >= 15 is 0 Å². The summed E-state index contributed by atoms with van der Waals surface area (Å²) < 4.78 is 5.64. The first-order valence-electron chi connectivity index (χ1n) is 5.65. The van der Waals surface area contributed by atoms with Gasteiger partial charge in [-0.3, -0.25) is 5.32 Å². The van der Waals surface area contributed by atoms with Crippen molar-refractivity contribution in [3.05, 3.63) is 23.3 Å². The minimum Gasteiger partial charge on any atom is -0.358 e. The molecule has 0 radical (unpaired) electrons. The summed E-state index contributed by atoms with van der Waals surface area (Å²) in [7, 11) is 0. The van der Waals surface area contributed by atoms with Gasteiger partial charge in [0.1, 0.15) is 6.23 Å². The van der Waals surface area contributed by atoms with E-state index in [1.807, 2.05) is 0 Å². The molecule has 2 aliphatic rings. The summed E-state index contributed by atoms with van der Waals surface area (Å²) in [5, 5.41) is 3.38. The van der Waals surface area contributed by atoms with Crippen molar-refractivity contribution in [3.8, 4) is 0 Å².